The number of hydrogen-bond donors (Lipinski definition) is 2. The summed E-state index contributed by atoms with van der Waals surface area (Å²) in [6, 6.07) is 5.13. The number of halogens is 1. The third-order valence-electron chi connectivity index (χ3n) is 2.41. The van der Waals surface area contributed by atoms with Gasteiger partial charge in [0.2, 0.25) is 0 Å². The van der Waals surface area contributed by atoms with E-state index in [4.69, 9.17) is 0 Å². The van der Waals surface area contributed by atoms with Gasteiger partial charge >= 0.3 is 5.69 Å². The van der Waals surface area contributed by atoms with Gasteiger partial charge in [-0.1, -0.05) is 6.07 Å². The number of hydrogen-bond acceptors (Lipinski definition) is 3. The van der Waals surface area contributed by atoms with E-state index in [2.05, 4.69) is 20.9 Å². The molecule has 1 unspecified atom stereocenters. The van der Waals surface area contributed by atoms with Crippen molar-refractivity contribution in [2.75, 3.05) is 0 Å². The normalized spacial score (nSPS) is 12.9. The molecule has 0 fully saturated rings. The Balaban J connectivity index is 2.84. The Kier molecular flexibility index (Phi) is 3.17. The molecule has 2 aromatic rings. The summed E-state index contributed by atoms with van der Waals surface area (Å²) in [5, 5.41) is 9.68. The molecular weight excluding hydrogens is 288 g/mol. The summed E-state index contributed by atoms with van der Waals surface area (Å²) in [7, 11) is 0. The average molecular weight is 299 g/mol. The van der Waals surface area contributed by atoms with Crippen molar-refractivity contribution in [1.82, 2.24) is 9.55 Å². The summed E-state index contributed by atoms with van der Waals surface area (Å²) < 4.78 is 1.62. The Morgan fingerprint density at radius 3 is 2.82 bits per heavy atom. The molecule has 0 saturated carbocycles. The molecule has 0 amide bonds. The molecule has 0 aliphatic rings. The molecule has 0 spiro atoms. The first kappa shape index (κ1) is 12.1. The van der Waals surface area contributed by atoms with Crippen molar-refractivity contribution in [1.29, 1.82) is 0 Å². The number of nitrogens with one attached hydrogen (secondary N) is 1. The number of benzene rings is 1. The van der Waals surface area contributed by atoms with Crippen molar-refractivity contribution >= 4 is 26.8 Å². The summed E-state index contributed by atoms with van der Waals surface area (Å²) in [6.45, 7) is 1.50. The summed E-state index contributed by atoms with van der Waals surface area (Å²) in [5.41, 5.74) is -0.435. The van der Waals surface area contributed by atoms with Crippen LogP contribution in [-0.2, 0) is 6.54 Å². The molecule has 6 heteroatoms. The van der Waals surface area contributed by atoms with Gasteiger partial charge in [-0.15, -0.1) is 0 Å². The van der Waals surface area contributed by atoms with Gasteiger partial charge in [0.25, 0.3) is 5.56 Å². The lowest BCUT2D eigenvalue weighted by Crippen LogP contribution is -2.37. The largest absolute Gasteiger partial charge is 0.392 e. The summed E-state index contributed by atoms with van der Waals surface area (Å²) in [6.07, 6.45) is -0.756. The van der Waals surface area contributed by atoms with E-state index in [-0.39, 0.29) is 6.54 Å². The maximum absolute atomic E-state index is 12.1. The molecule has 0 bridgehead atoms. The minimum atomic E-state index is -0.756. The average Bonchev–Trinajstić information content (AvgIpc) is 2.23. The quantitative estimate of drug-likeness (QED) is 0.862. The van der Waals surface area contributed by atoms with Gasteiger partial charge in [-0.2, -0.15) is 0 Å². The number of rotatable bonds is 2. The van der Waals surface area contributed by atoms with Crippen LogP contribution in [0, 0.1) is 0 Å². The van der Waals surface area contributed by atoms with Crippen LogP contribution < -0.4 is 11.2 Å². The van der Waals surface area contributed by atoms with Gasteiger partial charge in [0.1, 0.15) is 0 Å². The molecule has 90 valence electrons. The molecule has 0 radical (unpaired) electrons. The van der Waals surface area contributed by atoms with Gasteiger partial charge in [-0.3, -0.25) is 9.36 Å². The molecule has 0 aliphatic heterocycles. The van der Waals surface area contributed by atoms with Crippen LogP contribution in [0.15, 0.2) is 32.3 Å². The van der Waals surface area contributed by atoms with Crippen LogP contribution in [0.4, 0.5) is 0 Å². The van der Waals surface area contributed by atoms with Gasteiger partial charge in [-0.25, -0.2) is 4.79 Å². The lowest BCUT2D eigenvalue weighted by atomic mass is 10.2. The number of fused-ring (bicyclic) bond motifs is 1. The van der Waals surface area contributed by atoms with Crippen molar-refractivity contribution < 1.29 is 5.11 Å². The van der Waals surface area contributed by atoms with Crippen molar-refractivity contribution in [2.45, 2.75) is 19.6 Å². The number of H-pyrrole nitrogens is 1. The molecule has 2 N–H and O–H groups in total. The lowest BCUT2D eigenvalue weighted by Gasteiger charge is -2.08. The molecule has 2 rings (SSSR count). The second-order valence-electron chi connectivity index (χ2n) is 3.86. The molecule has 0 aliphatic carbocycles. The minimum absolute atomic E-state index is 0.0224. The highest BCUT2D eigenvalue weighted by Gasteiger charge is 2.11. The third-order valence-corrected chi connectivity index (χ3v) is 3.07. The Morgan fingerprint density at radius 1 is 1.47 bits per heavy atom. The number of aliphatic hydroxyl groups is 1. The van der Waals surface area contributed by atoms with Gasteiger partial charge in [-0.05, 0) is 35.0 Å². The first-order valence-corrected chi connectivity index (χ1v) is 5.89. The highest BCUT2D eigenvalue weighted by Crippen LogP contribution is 2.17. The van der Waals surface area contributed by atoms with Crippen LogP contribution in [0.25, 0.3) is 10.9 Å². The summed E-state index contributed by atoms with van der Waals surface area (Å²) in [5.74, 6) is 0. The van der Waals surface area contributed by atoms with Gasteiger partial charge in [0, 0.05) is 4.47 Å². The summed E-state index contributed by atoms with van der Waals surface area (Å²) >= 11 is 3.27. The molecule has 1 aromatic heterocycles. The molecule has 5 nitrogen and oxygen atoms in total. The van der Waals surface area contributed by atoms with Crippen molar-refractivity contribution in [3.8, 4) is 0 Å². The third kappa shape index (κ3) is 2.18. The van der Waals surface area contributed by atoms with Crippen molar-refractivity contribution in [3.05, 3.63) is 43.5 Å². The predicted octanol–water partition coefficient (Wildman–Crippen LogP) is 0.833. The zero-order valence-electron chi connectivity index (χ0n) is 9.11. The van der Waals surface area contributed by atoms with E-state index < -0.39 is 17.4 Å². The molecule has 17 heavy (non-hydrogen) atoms. The van der Waals surface area contributed by atoms with Crippen molar-refractivity contribution in [3.63, 3.8) is 0 Å². The first-order chi connectivity index (χ1) is 8.00. The van der Waals surface area contributed by atoms with E-state index in [1.54, 1.807) is 18.2 Å². The molecular formula is C11H11BrN2O3. The van der Waals surface area contributed by atoms with Gasteiger partial charge < -0.3 is 10.1 Å². The SMILES string of the molecule is CC(O)Cn1c(=O)[nH]c2cccc(Br)c2c1=O. The lowest BCUT2D eigenvalue weighted by molar-refractivity contribution is 0.170. The number of aromatic nitrogens is 2. The Hall–Kier alpha value is -1.40. The van der Waals surface area contributed by atoms with Crippen LogP contribution in [0.5, 0.6) is 0 Å². The zero-order chi connectivity index (χ0) is 12.6. The fourth-order valence-corrected chi connectivity index (χ4v) is 2.22. The van der Waals surface area contributed by atoms with E-state index in [9.17, 15) is 14.7 Å². The maximum Gasteiger partial charge on any atom is 0.328 e. The van der Waals surface area contributed by atoms with E-state index in [1.807, 2.05) is 0 Å². The maximum atomic E-state index is 12.1. The Morgan fingerprint density at radius 2 is 2.18 bits per heavy atom. The van der Waals surface area contributed by atoms with Crippen LogP contribution in [0.2, 0.25) is 0 Å². The highest BCUT2D eigenvalue weighted by atomic mass is 79.9. The second kappa shape index (κ2) is 4.46. The predicted molar refractivity (Wildman–Crippen MR) is 68.2 cm³/mol. The van der Waals surface area contributed by atoms with Crippen LogP contribution in [0.3, 0.4) is 0 Å². The molecule has 1 atom stereocenters. The Bertz CT molecular complexity index is 672. The molecule has 0 saturated heterocycles. The van der Waals surface area contributed by atoms with E-state index in [0.29, 0.717) is 15.4 Å². The summed E-state index contributed by atoms with van der Waals surface area (Å²) in [4.78, 5) is 26.4. The van der Waals surface area contributed by atoms with E-state index in [1.165, 1.54) is 6.92 Å². The van der Waals surface area contributed by atoms with Crippen LogP contribution in [0.1, 0.15) is 6.92 Å². The number of nitrogens with zero attached hydrogens (tertiary/aromatic N) is 1. The van der Waals surface area contributed by atoms with Crippen LogP contribution in [-0.4, -0.2) is 20.8 Å². The van der Waals surface area contributed by atoms with Crippen molar-refractivity contribution in [2.24, 2.45) is 0 Å². The molecule has 1 heterocycles. The second-order valence-corrected chi connectivity index (χ2v) is 4.71. The zero-order valence-corrected chi connectivity index (χ0v) is 10.7. The monoisotopic (exact) mass is 298 g/mol. The van der Waals surface area contributed by atoms with Gasteiger partial charge in [0.15, 0.2) is 0 Å². The van der Waals surface area contributed by atoms with E-state index in [0.717, 1.165) is 4.57 Å². The topological polar surface area (TPSA) is 75.1 Å². The Labute approximate surface area is 105 Å². The van der Waals surface area contributed by atoms with E-state index >= 15 is 0 Å². The first-order valence-electron chi connectivity index (χ1n) is 5.10. The number of aromatic amines is 1. The standard InChI is InChI=1S/C11H11BrN2O3/c1-6(15)5-14-10(16)9-7(12)3-2-4-8(9)13-11(14)17/h2-4,6,15H,5H2,1H3,(H,13,17). The number of aliphatic hydroxyl groups excluding tert-OH is 1. The van der Waals surface area contributed by atoms with Crippen LogP contribution >= 0.6 is 15.9 Å². The van der Waals surface area contributed by atoms with Gasteiger partial charge in [0.05, 0.1) is 23.6 Å². The minimum Gasteiger partial charge on any atom is -0.392 e. The smallest absolute Gasteiger partial charge is 0.328 e. The molecule has 1 aromatic carbocycles. The highest BCUT2D eigenvalue weighted by molar-refractivity contribution is 9.10. The fraction of sp³-hybridized carbons (Fsp3) is 0.273. The fourth-order valence-electron chi connectivity index (χ4n) is 1.69.